The van der Waals surface area contributed by atoms with Gasteiger partial charge in [0.1, 0.15) is 6.04 Å². The first-order valence-corrected chi connectivity index (χ1v) is 6.00. The van der Waals surface area contributed by atoms with Crippen LogP contribution in [-0.4, -0.2) is 23.0 Å². The van der Waals surface area contributed by atoms with Gasteiger partial charge >= 0.3 is 12.1 Å². The highest BCUT2D eigenvalue weighted by atomic mass is 19.4. The Labute approximate surface area is 112 Å². The second-order valence-corrected chi connectivity index (χ2v) is 4.67. The molecule has 1 fully saturated rings. The van der Waals surface area contributed by atoms with Crippen molar-refractivity contribution in [2.24, 2.45) is 5.92 Å². The Morgan fingerprint density at radius 1 is 1.25 bits per heavy atom. The number of amides is 1. The van der Waals surface area contributed by atoms with Gasteiger partial charge in [-0.05, 0) is 30.9 Å². The third kappa shape index (κ3) is 3.09. The summed E-state index contributed by atoms with van der Waals surface area (Å²) in [5.74, 6) is -2.45. The predicted molar refractivity (Wildman–Crippen MR) is 63.1 cm³/mol. The first-order valence-electron chi connectivity index (χ1n) is 6.00. The van der Waals surface area contributed by atoms with Gasteiger partial charge in [-0.2, -0.15) is 13.2 Å². The van der Waals surface area contributed by atoms with E-state index in [2.05, 4.69) is 5.32 Å². The normalized spacial score (nSPS) is 16.6. The van der Waals surface area contributed by atoms with Crippen LogP contribution in [0, 0.1) is 5.92 Å². The van der Waals surface area contributed by atoms with Crippen molar-refractivity contribution in [3.05, 3.63) is 35.4 Å². The molecule has 2 N–H and O–H groups in total. The number of carboxylic acids is 1. The zero-order valence-electron chi connectivity index (χ0n) is 10.3. The predicted octanol–water partition coefficient (Wildman–Crippen LogP) is 2.30. The SMILES string of the molecule is O=C(NC(C(=O)O)C1CC1)c1ccccc1C(F)(F)F. The van der Waals surface area contributed by atoms with Gasteiger partial charge in [0.2, 0.25) is 0 Å². The van der Waals surface area contributed by atoms with Crippen LogP contribution >= 0.6 is 0 Å². The van der Waals surface area contributed by atoms with Crippen LogP contribution in [0.4, 0.5) is 13.2 Å². The second kappa shape index (κ2) is 5.15. The van der Waals surface area contributed by atoms with Gasteiger partial charge < -0.3 is 10.4 Å². The van der Waals surface area contributed by atoms with Crippen molar-refractivity contribution >= 4 is 11.9 Å². The molecule has 20 heavy (non-hydrogen) atoms. The van der Waals surface area contributed by atoms with Gasteiger partial charge in [0, 0.05) is 0 Å². The van der Waals surface area contributed by atoms with Crippen LogP contribution in [0.25, 0.3) is 0 Å². The summed E-state index contributed by atoms with van der Waals surface area (Å²) < 4.78 is 38.3. The van der Waals surface area contributed by atoms with Crippen molar-refractivity contribution in [3.63, 3.8) is 0 Å². The monoisotopic (exact) mass is 287 g/mol. The van der Waals surface area contributed by atoms with E-state index in [1.165, 1.54) is 12.1 Å². The molecule has 0 saturated heterocycles. The highest BCUT2D eigenvalue weighted by Gasteiger charge is 2.39. The smallest absolute Gasteiger partial charge is 0.417 e. The van der Waals surface area contributed by atoms with Crippen molar-refractivity contribution in [2.45, 2.75) is 25.1 Å². The average Bonchev–Trinajstić information content (AvgIpc) is 3.18. The molecule has 7 heteroatoms. The highest BCUT2D eigenvalue weighted by molar-refractivity contribution is 5.98. The van der Waals surface area contributed by atoms with Crippen LogP contribution in [0.5, 0.6) is 0 Å². The maximum atomic E-state index is 12.8. The summed E-state index contributed by atoms with van der Waals surface area (Å²) in [6.45, 7) is 0. The highest BCUT2D eigenvalue weighted by Crippen LogP contribution is 2.34. The van der Waals surface area contributed by atoms with E-state index >= 15 is 0 Å². The van der Waals surface area contributed by atoms with Gasteiger partial charge in [-0.1, -0.05) is 12.1 Å². The molecule has 0 bridgehead atoms. The van der Waals surface area contributed by atoms with Gasteiger partial charge in [-0.15, -0.1) is 0 Å². The summed E-state index contributed by atoms with van der Waals surface area (Å²) in [6, 6.07) is 3.17. The fraction of sp³-hybridized carbons (Fsp3) is 0.385. The van der Waals surface area contributed by atoms with E-state index in [9.17, 15) is 22.8 Å². The lowest BCUT2D eigenvalue weighted by atomic mass is 10.1. The van der Waals surface area contributed by atoms with Gasteiger partial charge in [0.05, 0.1) is 11.1 Å². The van der Waals surface area contributed by atoms with E-state index in [1.807, 2.05) is 0 Å². The molecule has 1 aliphatic carbocycles. The van der Waals surface area contributed by atoms with Gasteiger partial charge in [-0.3, -0.25) is 4.79 Å². The standard InChI is InChI=1S/C13H12F3NO3/c14-13(15,16)9-4-2-1-3-8(9)11(18)17-10(12(19)20)7-5-6-7/h1-4,7,10H,5-6H2,(H,17,18)(H,19,20). The molecule has 1 unspecified atom stereocenters. The van der Waals surface area contributed by atoms with E-state index in [4.69, 9.17) is 5.11 Å². The summed E-state index contributed by atoms with van der Waals surface area (Å²) in [4.78, 5) is 22.9. The molecule has 1 amide bonds. The fourth-order valence-electron chi connectivity index (χ4n) is 1.96. The second-order valence-electron chi connectivity index (χ2n) is 4.67. The molecule has 108 valence electrons. The lowest BCUT2D eigenvalue weighted by Crippen LogP contribution is -2.42. The Morgan fingerprint density at radius 2 is 1.85 bits per heavy atom. The Bertz CT molecular complexity index is 538. The van der Waals surface area contributed by atoms with Crippen molar-refractivity contribution in [1.29, 1.82) is 0 Å². The van der Waals surface area contributed by atoms with E-state index < -0.39 is 35.2 Å². The van der Waals surface area contributed by atoms with Crippen LogP contribution in [0.2, 0.25) is 0 Å². The molecule has 1 aliphatic rings. The molecule has 1 saturated carbocycles. The molecule has 1 atom stereocenters. The summed E-state index contributed by atoms with van der Waals surface area (Å²) in [7, 11) is 0. The number of carbonyl (C=O) groups is 2. The molecule has 0 heterocycles. The number of carbonyl (C=O) groups excluding carboxylic acids is 1. The number of benzene rings is 1. The number of nitrogens with one attached hydrogen (secondary N) is 1. The lowest BCUT2D eigenvalue weighted by molar-refractivity contribution is -0.139. The minimum atomic E-state index is -4.66. The molecule has 1 aromatic carbocycles. The zero-order valence-corrected chi connectivity index (χ0v) is 10.3. The maximum absolute atomic E-state index is 12.8. The number of hydrogen-bond acceptors (Lipinski definition) is 2. The molecule has 0 spiro atoms. The first kappa shape index (κ1) is 14.4. The zero-order chi connectivity index (χ0) is 14.9. The maximum Gasteiger partial charge on any atom is 0.417 e. The Balaban J connectivity index is 2.23. The first-order chi connectivity index (χ1) is 9.30. The molecular formula is C13H12F3NO3. The van der Waals surface area contributed by atoms with Crippen LogP contribution < -0.4 is 5.32 Å². The summed E-state index contributed by atoms with van der Waals surface area (Å²) in [5, 5.41) is 11.1. The summed E-state index contributed by atoms with van der Waals surface area (Å²) in [6.07, 6.45) is -3.36. The topological polar surface area (TPSA) is 66.4 Å². The van der Waals surface area contributed by atoms with Crippen molar-refractivity contribution in [1.82, 2.24) is 5.32 Å². The number of halogens is 3. The molecule has 4 nitrogen and oxygen atoms in total. The largest absolute Gasteiger partial charge is 0.480 e. The average molecular weight is 287 g/mol. The van der Waals surface area contributed by atoms with Crippen LogP contribution in [0.15, 0.2) is 24.3 Å². The quantitative estimate of drug-likeness (QED) is 0.893. The lowest BCUT2D eigenvalue weighted by Gasteiger charge is -2.16. The molecule has 1 aromatic rings. The number of carboxylic acid groups (broad SMARTS) is 1. The van der Waals surface area contributed by atoms with E-state index in [0.717, 1.165) is 12.1 Å². The number of alkyl halides is 3. The molecule has 2 rings (SSSR count). The van der Waals surface area contributed by atoms with Crippen molar-refractivity contribution in [2.75, 3.05) is 0 Å². The Morgan fingerprint density at radius 3 is 2.35 bits per heavy atom. The van der Waals surface area contributed by atoms with Crippen molar-refractivity contribution in [3.8, 4) is 0 Å². The van der Waals surface area contributed by atoms with Crippen LogP contribution in [0.3, 0.4) is 0 Å². The molecular weight excluding hydrogens is 275 g/mol. The third-order valence-corrected chi connectivity index (χ3v) is 3.12. The number of aliphatic carboxylic acids is 1. The van der Waals surface area contributed by atoms with Gasteiger partial charge in [0.25, 0.3) is 5.91 Å². The van der Waals surface area contributed by atoms with Crippen LogP contribution in [0.1, 0.15) is 28.8 Å². The Hall–Kier alpha value is -2.05. The number of hydrogen-bond donors (Lipinski definition) is 2. The van der Waals surface area contributed by atoms with Crippen molar-refractivity contribution < 1.29 is 27.9 Å². The van der Waals surface area contributed by atoms with Crippen LogP contribution in [-0.2, 0) is 11.0 Å². The molecule has 0 radical (unpaired) electrons. The van der Waals surface area contributed by atoms with Gasteiger partial charge in [0.15, 0.2) is 0 Å². The third-order valence-electron chi connectivity index (χ3n) is 3.12. The number of rotatable bonds is 4. The minimum Gasteiger partial charge on any atom is -0.480 e. The van der Waals surface area contributed by atoms with Gasteiger partial charge in [-0.25, -0.2) is 4.79 Å². The fourth-order valence-corrected chi connectivity index (χ4v) is 1.96. The molecule has 0 aliphatic heterocycles. The van der Waals surface area contributed by atoms with E-state index in [-0.39, 0.29) is 5.92 Å². The van der Waals surface area contributed by atoms with E-state index in [0.29, 0.717) is 12.8 Å². The summed E-state index contributed by atoms with van der Waals surface area (Å²) >= 11 is 0. The summed E-state index contributed by atoms with van der Waals surface area (Å²) in [5.41, 5.74) is -1.63. The Kier molecular flexibility index (Phi) is 3.69. The minimum absolute atomic E-state index is 0.200. The van der Waals surface area contributed by atoms with E-state index in [1.54, 1.807) is 0 Å². The molecule has 0 aromatic heterocycles.